The Morgan fingerprint density at radius 2 is 1.43 bits per heavy atom. The lowest BCUT2D eigenvalue weighted by molar-refractivity contribution is 0.490. The molecule has 0 fully saturated rings. The van der Waals surface area contributed by atoms with Crippen molar-refractivity contribution >= 4 is 10.6 Å². The molecule has 0 amide bonds. The van der Waals surface area contributed by atoms with Crippen molar-refractivity contribution < 1.29 is 9.11 Å². The molecule has 0 bridgehead atoms. The number of hydrogen-bond donors (Lipinski definition) is 2. The van der Waals surface area contributed by atoms with Crippen molar-refractivity contribution in [1.82, 2.24) is 0 Å². The van der Waals surface area contributed by atoms with Crippen molar-refractivity contribution in [3.05, 3.63) is 0 Å². The second kappa shape index (κ2) is 2.55. The Balaban J connectivity index is 3.36. The molecule has 2 nitrogen and oxygen atoms in total. The van der Waals surface area contributed by atoms with E-state index in [4.69, 9.17) is 9.11 Å². The maximum Gasteiger partial charge on any atom is 0.0345 e. The molecule has 0 aliphatic rings. The third kappa shape index (κ3) is 2.91. The first-order valence-corrected chi connectivity index (χ1v) is 4.24. The minimum Gasteiger partial charge on any atom is -0.299 e. The van der Waals surface area contributed by atoms with Crippen LogP contribution in [0, 0.1) is 0 Å². The molecular formula is C4H12O2S. The Hall–Kier alpha value is 0.270. The Labute approximate surface area is 45.9 Å². The fraction of sp³-hybridized carbons (Fsp3) is 1.00. The van der Waals surface area contributed by atoms with Gasteiger partial charge in [-0.05, 0) is 13.8 Å². The molecule has 0 heterocycles. The molecule has 0 aliphatic heterocycles. The van der Waals surface area contributed by atoms with Gasteiger partial charge in [0.25, 0.3) is 0 Å². The van der Waals surface area contributed by atoms with Crippen molar-refractivity contribution in [2.45, 2.75) is 13.8 Å². The van der Waals surface area contributed by atoms with Crippen LogP contribution in [0.1, 0.15) is 13.8 Å². The van der Waals surface area contributed by atoms with Crippen molar-refractivity contribution in [3.8, 4) is 0 Å². The van der Waals surface area contributed by atoms with Gasteiger partial charge in [0.1, 0.15) is 0 Å². The first kappa shape index (κ1) is 7.27. The smallest absolute Gasteiger partial charge is 0.0345 e. The van der Waals surface area contributed by atoms with Crippen molar-refractivity contribution in [2.24, 2.45) is 0 Å². The predicted octanol–water partition coefficient (Wildman–Crippen LogP) is 1.78. The van der Waals surface area contributed by atoms with E-state index in [-0.39, 0.29) is 0 Å². The molecule has 46 valence electrons. The fourth-order valence-electron chi connectivity index (χ4n) is 0.204. The molecule has 0 rings (SSSR count). The number of rotatable bonds is 2. The summed E-state index contributed by atoms with van der Waals surface area (Å²) in [5.74, 6) is 0.979. The Kier molecular flexibility index (Phi) is 2.64. The number of hydrogen-bond acceptors (Lipinski definition) is 2. The summed E-state index contributed by atoms with van der Waals surface area (Å²) in [5, 5.41) is 0. The second-order valence-corrected chi connectivity index (χ2v) is 4.14. The summed E-state index contributed by atoms with van der Waals surface area (Å²) in [6, 6.07) is 0. The van der Waals surface area contributed by atoms with E-state index in [1.54, 1.807) is 13.8 Å². The summed E-state index contributed by atoms with van der Waals surface area (Å²) in [6.45, 7) is 3.55. The molecule has 0 aromatic rings. The summed E-state index contributed by atoms with van der Waals surface area (Å²) in [5.41, 5.74) is 0. The normalized spacial score (nSPS) is 14.3. The third-order valence-corrected chi connectivity index (χ3v) is 2.77. The molecule has 0 atom stereocenters. The van der Waals surface area contributed by atoms with E-state index >= 15 is 0 Å². The standard InChI is InChI=1S/C4H12O2S/c1-3-7(5,6)4-2/h5-6H,3-4H2,1-2H3. The molecule has 0 saturated carbocycles. The van der Waals surface area contributed by atoms with Crippen LogP contribution < -0.4 is 0 Å². The average Bonchev–Trinajstić information content (AvgIpc) is 1.68. The Morgan fingerprint density at radius 3 is 1.43 bits per heavy atom. The van der Waals surface area contributed by atoms with Crippen molar-refractivity contribution in [1.29, 1.82) is 0 Å². The molecule has 7 heavy (non-hydrogen) atoms. The van der Waals surface area contributed by atoms with Crippen LogP contribution in [0.15, 0.2) is 0 Å². The maximum atomic E-state index is 8.77. The SMILES string of the molecule is CCS(O)(O)CC. The van der Waals surface area contributed by atoms with Crippen LogP contribution in [0.3, 0.4) is 0 Å². The summed E-state index contributed by atoms with van der Waals surface area (Å²) < 4.78 is 17.5. The Bertz CT molecular complexity index is 47.7. The lowest BCUT2D eigenvalue weighted by Crippen LogP contribution is -2.01. The van der Waals surface area contributed by atoms with Gasteiger partial charge in [-0.15, -0.1) is 0 Å². The Morgan fingerprint density at radius 1 is 1.14 bits per heavy atom. The van der Waals surface area contributed by atoms with E-state index in [9.17, 15) is 0 Å². The van der Waals surface area contributed by atoms with E-state index in [0.29, 0.717) is 11.5 Å². The molecular weight excluding hydrogens is 112 g/mol. The van der Waals surface area contributed by atoms with E-state index in [1.165, 1.54) is 0 Å². The third-order valence-electron chi connectivity index (χ3n) is 0.925. The van der Waals surface area contributed by atoms with Gasteiger partial charge >= 0.3 is 0 Å². The van der Waals surface area contributed by atoms with E-state index in [2.05, 4.69) is 0 Å². The van der Waals surface area contributed by atoms with Crippen LogP contribution >= 0.6 is 10.6 Å². The summed E-state index contributed by atoms with van der Waals surface area (Å²) in [6.07, 6.45) is 0. The van der Waals surface area contributed by atoms with Gasteiger partial charge in [-0.3, -0.25) is 9.11 Å². The van der Waals surface area contributed by atoms with Crippen LogP contribution in [0.25, 0.3) is 0 Å². The molecule has 0 aromatic carbocycles. The van der Waals surface area contributed by atoms with Crippen LogP contribution in [0.2, 0.25) is 0 Å². The van der Waals surface area contributed by atoms with Crippen molar-refractivity contribution in [2.75, 3.05) is 11.5 Å². The van der Waals surface area contributed by atoms with Gasteiger partial charge < -0.3 is 0 Å². The van der Waals surface area contributed by atoms with E-state index in [1.807, 2.05) is 0 Å². The maximum absolute atomic E-state index is 8.77. The molecule has 2 N–H and O–H groups in total. The highest BCUT2D eigenvalue weighted by Gasteiger charge is 2.01. The second-order valence-electron chi connectivity index (χ2n) is 1.38. The first-order chi connectivity index (χ1) is 3.12. The zero-order chi connectivity index (χ0) is 5.91. The van der Waals surface area contributed by atoms with Gasteiger partial charge in [-0.1, -0.05) is 0 Å². The molecule has 0 spiro atoms. The van der Waals surface area contributed by atoms with Gasteiger partial charge in [-0.2, -0.15) is 10.6 Å². The van der Waals surface area contributed by atoms with Crippen molar-refractivity contribution in [3.63, 3.8) is 0 Å². The minimum atomic E-state index is -2.16. The summed E-state index contributed by atoms with van der Waals surface area (Å²) in [4.78, 5) is 0. The van der Waals surface area contributed by atoms with Crippen LogP contribution in [-0.4, -0.2) is 20.6 Å². The highest BCUT2D eigenvalue weighted by molar-refractivity contribution is 8.24. The lowest BCUT2D eigenvalue weighted by atomic mass is 11.0. The van der Waals surface area contributed by atoms with Gasteiger partial charge in [0.05, 0.1) is 0 Å². The molecule has 0 aliphatic carbocycles. The highest BCUT2D eigenvalue weighted by atomic mass is 32.3. The van der Waals surface area contributed by atoms with Gasteiger partial charge in [-0.25, -0.2) is 0 Å². The van der Waals surface area contributed by atoms with Gasteiger partial charge in [0, 0.05) is 11.5 Å². The zero-order valence-corrected chi connectivity index (χ0v) is 5.53. The first-order valence-electron chi connectivity index (χ1n) is 2.36. The van der Waals surface area contributed by atoms with Crippen LogP contribution in [0.5, 0.6) is 0 Å². The van der Waals surface area contributed by atoms with Gasteiger partial charge in [0.15, 0.2) is 0 Å². The molecule has 3 heteroatoms. The quantitative estimate of drug-likeness (QED) is 0.589. The monoisotopic (exact) mass is 124 g/mol. The summed E-state index contributed by atoms with van der Waals surface area (Å²) in [7, 11) is -2.16. The lowest BCUT2D eigenvalue weighted by Gasteiger charge is -2.28. The molecule has 0 aromatic heterocycles. The largest absolute Gasteiger partial charge is 0.299 e. The zero-order valence-electron chi connectivity index (χ0n) is 4.72. The van der Waals surface area contributed by atoms with E-state index < -0.39 is 10.6 Å². The van der Waals surface area contributed by atoms with E-state index in [0.717, 1.165) is 0 Å². The fourth-order valence-corrected chi connectivity index (χ4v) is 0.612. The molecule has 0 unspecified atom stereocenters. The van der Waals surface area contributed by atoms with Crippen LogP contribution in [0.4, 0.5) is 0 Å². The molecule has 0 saturated heterocycles. The highest BCUT2D eigenvalue weighted by Crippen LogP contribution is 2.36. The summed E-state index contributed by atoms with van der Waals surface area (Å²) >= 11 is 0. The van der Waals surface area contributed by atoms with Gasteiger partial charge in [0.2, 0.25) is 0 Å². The average molecular weight is 124 g/mol. The minimum absolute atomic E-state index is 0.490. The molecule has 0 radical (unpaired) electrons. The topological polar surface area (TPSA) is 40.5 Å². The van der Waals surface area contributed by atoms with Crippen LogP contribution in [-0.2, 0) is 0 Å². The predicted molar refractivity (Wildman–Crippen MR) is 33.9 cm³/mol.